The number of esters is 1. The molecule has 1 aliphatic heterocycles. The maximum Gasteiger partial charge on any atom is 0.375 e. The summed E-state index contributed by atoms with van der Waals surface area (Å²) in [7, 11) is 1.58. The van der Waals surface area contributed by atoms with Crippen molar-refractivity contribution in [3.63, 3.8) is 0 Å². The molecule has 1 fully saturated rings. The van der Waals surface area contributed by atoms with E-state index in [9.17, 15) is 9.59 Å². The van der Waals surface area contributed by atoms with Gasteiger partial charge in [-0.05, 0) is 37.3 Å². The van der Waals surface area contributed by atoms with Crippen LogP contribution in [0.1, 0.15) is 16.1 Å². The molecule has 8 heteroatoms. The number of ether oxygens (including phenoxy) is 2. The number of furan rings is 1. The van der Waals surface area contributed by atoms with Crippen LogP contribution < -0.4 is 9.64 Å². The summed E-state index contributed by atoms with van der Waals surface area (Å²) in [5.41, 5.74) is 1.22. The molecule has 4 rings (SSSR count). The Balaban J connectivity index is 1.34. The minimum atomic E-state index is -0.650. The molecule has 1 aliphatic rings. The number of methoxy groups -OCH3 is 1. The van der Waals surface area contributed by atoms with Gasteiger partial charge in [-0.25, -0.2) is 9.78 Å². The van der Waals surface area contributed by atoms with Crippen LogP contribution in [0.25, 0.3) is 11.0 Å². The normalized spacial score (nSPS) is 14.1. The molecule has 0 atom stereocenters. The molecule has 3 aromatic rings. The number of benzene rings is 1. The molecule has 1 saturated heterocycles. The Hall–Kier alpha value is -3.55. The molecular formula is C22H23N3O5. The third kappa shape index (κ3) is 3.94. The van der Waals surface area contributed by atoms with Crippen LogP contribution in [0.4, 0.5) is 5.82 Å². The van der Waals surface area contributed by atoms with Crippen LogP contribution in [0.3, 0.4) is 0 Å². The zero-order chi connectivity index (χ0) is 21.1. The van der Waals surface area contributed by atoms with Gasteiger partial charge in [0.1, 0.15) is 17.2 Å². The first-order chi connectivity index (χ1) is 14.6. The lowest BCUT2D eigenvalue weighted by atomic mass is 10.1. The number of pyridine rings is 1. The number of piperazine rings is 1. The van der Waals surface area contributed by atoms with Gasteiger partial charge < -0.3 is 23.7 Å². The second kappa shape index (κ2) is 8.44. The van der Waals surface area contributed by atoms with Crippen LogP contribution in [0.2, 0.25) is 0 Å². The maximum atomic E-state index is 12.5. The van der Waals surface area contributed by atoms with E-state index in [1.807, 2.05) is 18.2 Å². The molecule has 0 saturated carbocycles. The second-order valence-electron chi connectivity index (χ2n) is 7.05. The predicted molar refractivity (Wildman–Crippen MR) is 111 cm³/mol. The number of rotatable bonds is 5. The van der Waals surface area contributed by atoms with Crippen molar-refractivity contribution in [1.82, 2.24) is 9.88 Å². The minimum Gasteiger partial charge on any atom is -0.497 e. The van der Waals surface area contributed by atoms with Gasteiger partial charge in [-0.2, -0.15) is 0 Å². The van der Waals surface area contributed by atoms with Gasteiger partial charge in [-0.3, -0.25) is 4.79 Å². The Labute approximate surface area is 174 Å². The number of fused-ring (bicyclic) bond motifs is 1. The Morgan fingerprint density at radius 2 is 1.93 bits per heavy atom. The van der Waals surface area contributed by atoms with E-state index in [0.717, 1.165) is 11.2 Å². The van der Waals surface area contributed by atoms with Gasteiger partial charge in [0.05, 0.1) is 7.11 Å². The molecule has 0 unspecified atom stereocenters. The lowest BCUT2D eigenvalue weighted by Gasteiger charge is -2.35. The number of amides is 1. The maximum absolute atomic E-state index is 12.5. The summed E-state index contributed by atoms with van der Waals surface area (Å²) < 4.78 is 16.1. The molecule has 3 heterocycles. The van der Waals surface area contributed by atoms with Gasteiger partial charge in [0.15, 0.2) is 6.61 Å². The summed E-state index contributed by atoms with van der Waals surface area (Å²) >= 11 is 0. The average Bonchev–Trinajstić information content (AvgIpc) is 3.13. The van der Waals surface area contributed by atoms with E-state index in [2.05, 4.69) is 9.88 Å². The van der Waals surface area contributed by atoms with Gasteiger partial charge in [0.2, 0.25) is 5.76 Å². The van der Waals surface area contributed by atoms with E-state index in [4.69, 9.17) is 13.9 Å². The highest BCUT2D eigenvalue weighted by Crippen LogP contribution is 2.29. The van der Waals surface area contributed by atoms with E-state index < -0.39 is 5.97 Å². The van der Waals surface area contributed by atoms with Gasteiger partial charge in [-0.1, -0.05) is 6.07 Å². The molecule has 2 aromatic heterocycles. The van der Waals surface area contributed by atoms with E-state index >= 15 is 0 Å². The minimum absolute atomic E-state index is 0.103. The van der Waals surface area contributed by atoms with Crippen LogP contribution in [0.5, 0.6) is 5.75 Å². The summed E-state index contributed by atoms with van der Waals surface area (Å²) in [5, 5.41) is 0.776. The smallest absolute Gasteiger partial charge is 0.375 e. The first-order valence-electron chi connectivity index (χ1n) is 9.75. The van der Waals surface area contributed by atoms with Crippen molar-refractivity contribution in [3.8, 4) is 5.75 Å². The third-order valence-corrected chi connectivity index (χ3v) is 5.26. The van der Waals surface area contributed by atoms with Crippen LogP contribution in [-0.2, 0) is 9.53 Å². The fourth-order valence-corrected chi connectivity index (χ4v) is 3.53. The summed E-state index contributed by atoms with van der Waals surface area (Å²) in [6, 6.07) is 11.1. The van der Waals surface area contributed by atoms with Crippen molar-refractivity contribution in [2.24, 2.45) is 0 Å². The molecule has 1 amide bonds. The molecule has 156 valence electrons. The summed E-state index contributed by atoms with van der Waals surface area (Å²) in [5.74, 6) is 0.799. The molecule has 0 spiro atoms. The van der Waals surface area contributed by atoms with E-state index in [1.165, 1.54) is 0 Å². The number of carbonyl (C=O) groups is 2. The first kappa shape index (κ1) is 19.8. The van der Waals surface area contributed by atoms with Crippen LogP contribution in [0, 0.1) is 6.92 Å². The quantitative estimate of drug-likeness (QED) is 0.599. The third-order valence-electron chi connectivity index (χ3n) is 5.26. The van der Waals surface area contributed by atoms with Crippen LogP contribution >= 0.6 is 0 Å². The SMILES string of the molecule is COc1ccc2oc(C(=O)OCC(=O)N3CCN(c4ccccn4)CC3)c(C)c2c1. The number of hydrogen-bond acceptors (Lipinski definition) is 7. The Kier molecular flexibility index (Phi) is 5.56. The number of carbonyl (C=O) groups excluding carboxylic acids is 2. The zero-order valence-corrected chi connectivity index (χ0v) is 17.0. The van der Waals surface area contributed by atoms with Crippen molar-refractivity contribution >= 4 is 28.7 Å². The van der Waals surface area contributed by atoms with Gasteiger partial charge in [0.25, 0.3) is 5.91 Å². The van der Waals surface area contributed by atoms with Gasteiger partial charge in [-0.15, -0.1) is 0 Å². The van der Waals surface area contributed by atoms with Crippen molar-refractivity contribution in [2.45, 2.75) is 6.92 Å². The van der Waals surface area contributed by atoms with Crippen molar-refractivity contribution in [3.05, 3.63) is 53.9 Å². The van der Waals surface area contributed by atoms with Crippen molar-refractivity contribution in [1.29, 1.82) is 0 Å². The van der Waals surface area contributed by atoms with Crippen LogP contribution in [-0.4, -0.2) is 61.7 Å². The predicted octanol–water partition coefficient (Wildman–Crippen LogP) is 2.65. The molecule has 0 aliphatic carbocycles. The summed E-state index contributed by atoms with van der Waals surface area (Å²) in [6.07, 6.45) is 1.75. The summed E-state index contributed by atoms with van der Waals surface area (Å²) in [6.45, 7) is 3.93. The summed E-state index contributed by atoms with van der Waals surface area (Å²) in [4.78, 5) is 33.1. The molecule has 0 N–H and O–H groups in total. The lowest BCUT2D eigenvalue weighted by Crippen LogP contribution is -2.50. The first-order valence-corrected chi connectivity index (χ1v) is 9.75. The Bertz CT molecular complexity index is 1060. The number of aromatic nitrogens is 1. The molecule has 8 nitrogen and oxygen atoms in total. The second-order valence-corrected chi connectivity index (χ2v) is 7.05. The fraction of sp³-hybridized carbons (Fsp3) is 0.318. The average molecular weight is 409 g/mol. The number of nitrogens with zero attached hydrogens (tertiary/aromatic N) is 3. The van der Waals surface area contributed by atoms with E-state index in [-0.39, 0.29) is 18.3 Å². The highest BCUT2D eigenvalue weighted by Gasteiger charge is 2.25. The standard InChI is InChI=1S/C22H23N3O5/c1-15-17-13-16(28-2)6-7-18(17)30-21(15)22(27)29-14-20(26)25-11-9-24(10-12-25)19-5-3-4-8-23-19/h3-8,13H,9-12,14H2,1-2H3. The van der Waals surface area contributed by atoms with Crippen molar-refractivity contribution < 1.29 is 23.5 Å². The number of hydrogen-bond donors (Lipinski definition) is 0. The van der Waals surface area contributed by atoms with E-state index in [0.29, 0.717) is 43.1 Å². The zero-order valence-electron chi connectivity index (χ0n) is 17.0. The molecular weight excluding hydrogens is 386 g/mol. The van der Waals surface area contributed by atoms with Gasteiger partial charge in [0, 0.05) is 43.3 Å². The molecule has 1 aromatic carbocycles. The van der Waals surface area contributed by atoms with E-state index in [1.54, 1.807) is 43.3 Å². The molecule has 30 heavy (non-hydrogen) atoms. The fourth-order valence-electron chi connectivity index (χ4n) is 3.53. The lowest BCUT2D eigenvalue weighted by molar-refractivity contribution is -0.134. The van der Waals surface area contributed by atoms with Crippen molar-refractivity contribution in [2.75, 3.05) is 44.8 Å². The van der Waals surface area contributed by atoms with Gasteiger partial charge >= 0.3 is 5.97 Å². The Morgan fingerprint density at radius 1 is 1.13 bits per heavy atom. The van der Waals surface area contributed by atoms with Crippen LogP contribution in [0.15, 0.2) is 47.0 Å². The Morgan fingerprint density at radius 3 is 2.63 bits per heavy atom. The number of aryl methyl sites for hydroxylation is 1. The highest BCUT2D eigenvalue weighted by molar-refractivity contribution is 5.97. The number of anilines is 1. The topological polar surface area (TPSA) is 85.1 Å². The molecule has 0 bridgehead atoms. The highest BCUT2D eigenvalue weighted by atomic mass is 16.5. The monoisotopic (exact) mass is 409 g/mol. The molecule has 0 radical (unpaired) electrons. The largest absolute Gasteiger partial charge is 0.497 e.